The predicted octanol–water partition coefficient (Wildman–Crippen LogP) is 4.12. The van der Waals surface area contributed by atoms with E-state index < -0.39 is 0 Å². The van der Waals surface area contributed by atoms with Gasteiger partial charge < -0.3 is 5.32 Å². The Labute approximate surface area is 107 Å². The van der Waals surface area contributed by atoms with Crippen molar-refractivity contribution in [1.82, 2.24) is 5.32 Å². The van der Waals surface area contributed by atoms with E-state index in [1.807, 2.05) is 0 Å². The SMILES string of the molecule is Brc1cccc(CNCCC2CCCC2)c1. The first-order valence-electron chi connectivity index (χ1n) is 6.30. The van der Waals surface area contributed by atoms with Crippen LogP contribution < -0.4 is 5.32 Å². The maximum atomic E-state index is 3.53. The average Bonchev–Trinajstić information content (AvgIpc) is 2.77. The molecule has 1 N–H and O–H groups in total. The summed E-state index contributed by atoms with van der Waals surface area (Å²) >= 11 is 3.50. The monoisotopic (exact) mass is 281 g/mol. The number of rotatable bonds is 5. The first kappa shape index (κ1) is 12.1. The lowest BCUT2D eigenvalue weighted by Gasteiger charge is -2.09. The highest BCUT2D eigenvalue weighted by molar-refractivity contribution is 9.10. The van der Waals surface area contributed by atoms with Crippen LogP contribution in [0.2, 0.25) is 0 Å². The summed E-state index contributed by atoms with van der Waals surface area (Å²) in [6.07, 6.45) is 7.18. The maximum absolute atomic E-state index is 3.53. The van der Waals surface area contributed by atoms with E-state index >= 15 is 0 Å². The molecule has 1 fully saturated rings. The van der Waals surface area contributed by atoms with Crippen LogP contribution in [0.5, 0.6) is 0 Å². The Hall–Kier alpha value is -0.340. The van der Waals surface area contributed by atoms with Gasteiger partial charge in [-0.2, -0.15) is 0 Å². The standard InChI is InChI=1S/C14H20BrN/c15-14-7-3-6-13(10-14)11-16-9-8-12-4-1-2-5-12/h3,6-7,10,12,16H,1-2,4-5,8-9,11H2. The van der Waals surface area contributed by atoms with E-state index in [0.717, 1.165) is 19.0 Å². The van der Waals surface area contributed by atoms with Gasteiger partial charge in [0.2, 0.25) is 0 Å². The summed E-state index contributed by atoms with van der Waals surface area (Å²) < 4.78 is 1.17. The Bertz CT molecular complexity index is 318. The van der Waals surface area contributed by atoms with Crippen LogP contribution >= 0.6 is 15.9 Å². The van der Waals surface area contributed by atoms with Gasteiger partial charge in [0.15, 0.2) is 0 Å². The molecule has 16 heavy (non-hydrogen) atoms. The zero-order valence-electron chi connectivity index (χ0n) is 9.71. The minimum absolute atomic E-state index is 0.992. The molecule has 0 atom stereocenters. The summed E-state index contributed by atoms with van der Waals surface area (Å²) in [7, 11) is 0. The molecular weight excluding hydrogens is 262 g/mol. The molecule has 1 aromatic carbocycles. The third-order valence-electron chi connectivity index (χ3n) is 3.42. The van der Waals surface area contributed by atoms with Crippen LogP contribution in [0.4, 0.5) is 0 Å². The molecule has 0 aromatic heterocycles. The second-order valence-corrected chi connectivity index (χ2v) is 5.66. The largest absolute Gasteiger partial charge is 0.313 e. The fraction of sp³-hybridized carbons (Fsp3) is 0.571. The summed E-state index contributed by atoms with van der Waals surface area (Å²) in [5.41, 5.74) is 1.36. The van der Waals surface area contributed by atoms with Crippen LogP contribution in [0.15, 0.2) is 28.7 Å². The molecule has 2 heteroatoms. The minimum atomic E-state index is 0.992. The van der Waals surface area contributed by atoms with E-state index in [4.69, 9.17) is 0 Å². The molecule has 2 rings (SSSR count). The van der Waals surface area contributed by atoms with Crippen molar-refractivity contribution >= 4 is 15.9 Å². The number of hydrogen-bond donors (Lipinski definition) is 1. The zero-order valence-corrected chi connectivity index (χ0v) is 11.3. The smallest absolute Gasteiger partial charge is 0.0205 e. The van der Waals surface area contributed by atoms with Gasteiger partial charge in [0.1, 0.15) is 0 Å². The molecule has 0 aliphatic heterocycles. The highest BCUT2D eigenvalue weighted by atomic mass is 79.9. The zero-order chi connectivity index (χ0) is 11.2. The number of nitrogens with one attached hydrogen (secondary N) is 1. The van der Waals surface area contributed by atoms with Gasteiger partial charge in [0, 0.05) is 11.0 Å². The van der Waals surface area contributed by atoms with Gasteiger partial charge in [-0.1, -0.05) is 53.7 Å². The van der Waals surface area contributed by atoms with E-state index in [9.17, 15) is 0 Å². The lowest BCUT2D eigenvalue weighted by molar-refractivity contribution is 0.477. The predicted molar refractivity (Wildman–Crippen MR) is 72.4 cm³/mol. The fourth-order valence-corrected chi connectivity index (χ4v) is 2.93. The van der Waals surface area contributed by atoms with Crippen molar-refractivity contribution in [3.63, 3.8) is 0 Å². The van der Waals surface area contributed by atoms with Gasteiger partial charge in [-0.25, -0.2) is 0 Å². The van der Waals surface area contributed by atoms with Crippen molar-refractivity contribution in [3.8, 4) is 0 Å². The van der Waals surface area contributed by atoms with Gasteiger partial charge in [0.05, 0.1) is 0 Å². The molecule has 0 heterocycles. The van der Waals surface area contributed by atoms with E-state index in [1.165, 1.54) is 42.1 Å². The molecule has 1 nitrogen and oxygen atoms in total. The average molecular weight is 282 g/mol. The van der Waals surface area contributed by atoms with Crippen LogP contribution in [0.3, 0.4) is 0 Å². The summed E-state index contributed by atoms with van der Waals surface area (Å²) in [5, 5.41) is 3.53. The first-order valence-corrected chi connectivity index (χ1v) is 7.09. The molecule has 0 radical (unpaired) electrons. The summed E-state index contributed by atoms with van der Waals surface area (Å²) in [4.78, 5) is 0. The Balaban J connectivity index is 1.64. The Morgan fingerprint density at radius 2 is 2.06 bits per heavy atom. The molecule has 0 unspecified atom stereocenters. The van der Waals surface area contributed by atoms with Crippen molar-refractivity contribution in [3.05, 3.63) is 34.3 Å². The molecule has 0 amide bonds. The lowest BCUT2D eigenvalue weighted by Crippen LogP contribution is -2.16. The Morgan fingerprint density at radius 1 is 1.25 bits per heavy atom. The molecule has 0 bridgehead atoms. The van der Waals surface area contributed by atoms with Crippen LogP contribution in [-0.2, 0) is 6.54 Å². The van der Waals surface area contributed by atoms with E-state index in [2.05, 4.69) is 45.5 Å². The molecule has 1 saturated carbocycles. The van der Waals surface area contributed by atoms with Gasteiger partial charge in [-0.05, 0) is 36.6 Å². The quantitative estimate of drug-likeness (QED) is 0.801. The van der Waals surface area contributed by atoms with Gasteiger partial charge in [0.25, 0.3) is 0 Å². The fourth-order valence-electron chi connectivity index (χ4n) is 2.48. The molecular formula is C14H20BrN. The van der Waals surface area contributed by atoms with E-state index in [0.29, 0.717) is 0 Å². The maximum Gasteiger partial charge on any atom is 0.0205 e. The normalized spacial score (nSPS) is 16.8. The topological polar surface area (TPSA) is 12.0 Å². The Kier molecular flexibility index (Phi) is 4.86. The molecule has 1 aliphatic rings. The highest BCUT2D eigenvalue weighted by Crippen LogP contribution is 2.26. The summed E-state index contributed by atoms with van der Waals surface area (Å²) in [5.74, 6) is 0.995. The third kappa shape index (κ3) is 3.91. The van der Waals surface area contributed by atoms with Crippen LogP contribution in [0, 0.1) is 5.92 Å². The molecule has 1 aliphatic carbocycles. The number of benzene rings is 1. The van der Waals surface area contributed by atoms with Gasteiger partial charge in [-0.15, -0.1) is 0 Å². The minimum Gasteiger partial charge on any atom is -0.313 e. The number of halogens is 1. The van der Waals surface area contributed by atoms with Crippen LogP contribution in [0.1, 0.15) is 37.7 Å². The number of hydrogen-bond acceptors (Lipinski definition) is 1. The third-order valence-corrected chi connectivity index (χ3v) is 3.92. The van der Waals surface area contributed by atoms with E-state index in [-0.39, 0.29) is 0 Å². The van der Waals surface area contributed by atoms with E-state index in [1.54, 1.807) is 0 Å². The second-order valence-electron chi connectivity index (χ2n) is 4.75. The van der Waals surface area contributed by atoms with Crippen molar-refractivity contribution in [2.45, 2.75) is 38.6 Å². The molecule has 0 saturated heterocycles. The van der Waals surface area contributed by atoms with Crippen LogP contribution in [-0.4, -0.2) is 6.54 Å². The summed E-state index contributed by atoms with van der Waals surface area (Å²) in [6, 6.07) is 8.52. The molecule has 1 aromatic rings. The molecule has 0 spiro atoms. The Morgan fingerprint density at radius 3 is 2.81 bits per heavy atom. The van der Waals surface area contributed by atoms with Crippen molar-refractivity contribution in [2.75, 3.05) is 6.54 Å². The van der Waals surface area contributed by atoms with Gasteiger partial charge >= 0.3 is 0 Å². The van der Waals surface area contributed by atoms with Crippen molar-refractivity contribution in [2.24, 2.45) is 5.92 Å². The highest BCUT2D eigenvalue weighted by Gasteiger charge is 2.13. The second kappa shape index (κ2) is 6.41. The van der Waals surface area contributed by atoms with Gasteiger partial charge in [-0.3, -0.25) is 0 Å². The first-order chi connectivity index (χ1) is 7.84. The molecule has 88 valence electrons. The summed E-state index contributed by atoms with van der Waals surface area (Å²) in [6.45, 7) is 2.16. The lowest BCUT2D eigenvalue weighted by atomic mass is 10.0. The van der Waals surface area contributed by atoms with Crippen molar-refractivity contribution < 1.29 is 0 Å². The van der Waals surface area contributed by atoms with Crippen LogP contribution in [0.25, 0.3) is 0 Å². The van der Waals surface area contributed by atoms with Crippen molar-refractivity contribution in [1.29, 1.82) is 0 Å².